The van der Waals surface area contributed by atoms with Gasteiger partial charge in [0, 0.05) is 17.7 Å². The number of aliphatic carboxylic acids is 1. The molecule has 2 amide bonds. The summed E-state index contributed by atoms with van der Waals surface area (Å²) in [4.78, 5) is 37.4. The van der Waals surface area contributed by atoms with Crippen molar-refractivity contribution >= 4 is 35.2 Å². The highest BCUT2D eigenvalue weighted by molar-refractivity contribution is 7.98. The van der Waals surface area contributed by atoms with E-state index >= 15 is 0 Å². The number of hydrogen-bond acceptors (Lipinski definition) is 4. The smallest absolute Gasteiger partial charge is 0.326 e. The number of rotatable bonds is 11. The number of carboxylic acid groups (broad SMARTS) is 1. The van der Waals surface area contributed by atoms with Gasteiger partial charge in [-0.15, -0.1) is 0 Å². The fourth-order valence-electron chi connectivity index (χ4n) is 3.77. The van der Waals surface area contributed by atoms with Crippen LogP contribution in [0, 0.1) is 6.92 Å². The van der Waals surface area contributed by atoms with Gasteiger partial charge in [-0.1, -0.05) is 54.6 Å². The Morgan fingerprint density at radius 2 is 1.66 bits per heavy atom. The number of nitrogens with one attached hydrogen (secondary N) is 2. The lowest BCUT2D eigenvalue weighted by Crippen LogP contribution is -2.41. The van der Waals surface area contributed by atoms with Crippen LogP contribution in [0.1, 0.15) is 34.3 Å². The molecule has 6 nitrogen and oxygen atoms in total. The van der Waals surface area contributed by atoms with Crippen molar-refractivity contribution in [3.8, 4) is 11.1 Å². The highest BCUT2D eigenvalue weighted by Crippen LogP contribution is 2.30. The maximum atomic E-state index is 13.2. The van der Waals surface area contributed by atoms with E-state index in [-0.39, 0.29) is 5.91 Å². The Bertz CT molecular complexity index is 1180. The van der Waals surface area contributed by atoms with E-state index in [2.05, 4.69) is 10.6 Å². The second kappa shape index (κ2) is 12.8. The minimum atomic E-state index is -1.06. The lowest BCUT2D eigenvalue weighted by Gasteiger charge is -2.18. The molecule has 0 aromatic heterocycles. The predicted octanol–water partition coefficient (Wildman–Crippen LogP) is 5.17. The predicted molar refractivity (Wildman–Crippen MR) is 142 cm³/mol. The summed E-state index contributed by atoms with van der Waals surface area (Å²) < 4.78 is 0. The second-order valence-electron chi connectivity index (χ2n) is 8.25. The number of carboxylic acids is 1. The lowest BCUT2D eigenvalue weighted by atomic mass is 9.94. The highest BCUT2D eigenvalue weighted by atomic mass is 32.2. The fraction of sp³-hybridized carbons (Fsp3) is 0.250. The Kier molecular flexibility index (Phi) is 9.49. The quantitative estimate of drug-likeness (QED) is 0.345. The minimum absolute atomic E-state index is 0.121. The second-order valence-corrected chi connectivity index (χ2v) is 9.24. The molecule has 0 aliphatic heterocycles. The van der Waals surface area contributed by atoms with E-state index in [4.69, 9.17) is 0 Å². The van der Waals surface area contributed by atoms with Crippen LogP contribution in [-0.2, 0) is 16.0 Å². The van der Waals surface area contributed by atoms with Crippen molar-refractivity contribution in [3.05, 3.63) is 89.5 Å². The molecule has 3 N–H and O–H groups in total. The van der Waals surface area contributed by atoms with Crippen molar-refractivity contribution in [2.75, 3.05) is 17.3 Å². The topological polar surface area (TPSA) is 95.5 Å². The number of benzene rings is 3. The van der Waals surface area contributed by atoms with Crippen molar-refractivity contribution in [1.29, 1.82) is 0 Å². The molecule has 0 saturated carbocycles. The van der Waals surface area contributed by atoms with E-state index in [1.165, 1.54) is 11.8 Å². The van der Waals surface area contributed by atoms with Crippen LogP contribution in [-0.4, -0.2) is 40.9 Å². The first-order valence-corrected chi connectivity index (χ1v) is 12.8. The monoisotopic (exact) mass is 490 g/mol. The molecular formula is C28H30N2O4S. The number of aryl methyl sites for hydroxylation is 2. The molecule has 3 aromatic carbocycles. The first kappa shape index (κ1) is 26.0. The number of thioether (sulfide) groups is 1. The number of anilines is 1. The Balaban J connectivity index is 1.84. The van der Waals surface area contributed by atoms with E-state index in [1.807, 2.05) is 67.8 Å². The molecule has 0 spiro atoms. The number of carbonyl (C=O) groups is 3. The third kappa shape index (κ3) is 7.45. The van der Waals surface area contributed by atoms with Crippen molar-refractivity contribution in [2.45, 2.75) is 32.2 Å². The van der Waals surface area contributed by atoms with E-state index < -0.39 is 17.9 Å². The summed E-state index contributed by atoms with van der Waals surface area (Å²) in [6.45, 7) is 1.95. The van der Waals surface area contributed by atoms with Gasteiger partial charge in [0.1, 0.15) is 6.04 Å². The normalized spacial score (nSPS) is 11.5. The van der Waals surface area contributed by atoms with Gasteiger partial charge in [0.2, 0.25) is 5.91 Å². The van der Waals surface area contributed by atoms with Gasteiger partial charge in [-0.25, -0.2) is 4.79 Å². The van der Waals surface area contributed by atoms with Gasteiger partial charge in [0.05, 0.1) is 0 Å². The van der Waals surface area contributed by atoms with Gasteiger partial charge in [-0.05, 0) is 72.2 Å². The Morgan fingerprint density at radius 3 is 2.34 bits per heavy atom. The summed E-state index contributed by atoms with van der Waals surface area (Å²) in [5, 5.41) is 15.1. The summed E-state index contributed by atoms with van der Waals surface area (Å²) in [6.07, 6.45) is 3.19. The molecule has 0 heterocycles. The van der Waals surface area contributed by atoms with Gasteiger partial charge in [0.15, 0.2) is 0 Å². The third-order valence-electron chi connectivity index (χ3n) is 5.68. The number of amides is 2. The molecule has 0 aliphatic carbocycles. The first-order chi connectivity index (χ1) is 16.9. The largest absolute Gasteiger partial charge is 0.480 e. The Labute approximate surface area is 210 Å². The van der Waals surface area contributed by atoms with Gasteiger partial charge >= 0.3 is 5.97 Å². The zero-order valence-electron chi connectivity index (χ0n) is 19.9. The molecule has 182 valence electrons. The molecule has 1 atom stereocenters. The Hall–Kier alpha value is -3.58. The Morgan fingerprint density at radius 1 is 0.943 bits per heavy atom. The van der Waals surface area contributed by atoms with Gasteiger partial charge < -0.3 is 15.7 Å². The van der Waals surface area contributed by atoms with Gasteiger partial charge in [-0.2, -0.15) is 11.8 Å². The SMILES string of the molecule is CSCCC(NC(=O)c1ccc(NC(=O)CCc2ccccc2)cc1-c1ccccc1C)C(=O)O. The van der Waals surface area contributed by atoms with Crippen molar-refractivity contribution < 1.29 is 19.5 Å². The minimum Gasteiger partial charge on any atom is -0.480 e. The molecule has 35 heavy (non-hydrogen) atoms. The van der Waals surface area contributed by atoms with Crippen molar-refractivity contribution in [2.24, 2.45) is 0 Å². The molecule has 3 rings (SSSR count). The van der Waals surface area contributed by atoms with Crippen LogP contribution in [0.2, 0.25) is 0 Å². The molecule has 0 radical (unpaired) electrons. The van der Waals surface area contributed by atoms with E-state index in [1.54, 1.807) is 18.2 Å². The highest BCUT2D eigenvalue weighted by Gasteiger charge is 2.23. The molecule has 0 aliphatic rings. The van der Waals surface area contributed by atoms with Crippen LogP contribution in [0.3, 0.4) is 0 Å². The van der Waals surface area contributed by atoms with Gasteiger partial charge in [-0.3, -0.25) is 9.59 Å². The van der Waals surface area contributed by atoms with Crippen molar-refractivity contribution in [1.82, 2.24) is 5.32 Å². The van der Waals surface area contributed by atoms with E-state index in [0.717, 1.165) is 16.7 Å². The number of hydrogen-bond donors (Lipinski definition) is 3. The summed E-state index contributed by atoms with van der Waals surface area (Å²) in [5.74, 6) is -1.02. The zero-order chi connectivity index (χ0) is 25.2. The molecule has 3 aromatic rings. The molecular weight excluding hydrogens is 460 g/mol. The van der Waals surface area contributed by atoms with Crippen LogP contribution < -0.4 is 10.6 Å². The van der Waals surface area contributed by atoms with Gasteiger partial charge in [0.25, 0.3) is 5.91 Å². The average Bonchev–Trinajstić information content (AvgIpc) is 2.86. The van der Waals surface area contributed by atoms with Crippen LogP contribution >= 0.6 is 11.8 Å². The maximum absolute atomic E-state index is 13.2. The first-order valence-electron chi connectivity index (χ1n) is 11.5. The maximum Gasteiger partial charge on any atom is 0.326 e. The van der Waals surface area contributed by atoms with Crippen molar-refractivity contribution in [3.63, 3.8) is 0 Å². The van der Waals surface area contributed by atoms with E-state index in [0.29, 0.717) is 41.8 Å². The average molecular weight is 491 g/mol. The van der Waals surface area contributed by atoms with Crippen LogP contribution in [0.5, 0.6) is 0 Å². The molecule has 0 bridgehead atoms. The summed E-state index contributed by atoms with van der Waals surface area (Å²) in [7, 11) is 0. The lowest BCUT2D eigenvalue weighted by molar-refractivity contribution is -0.139. The zero-order valence-corrected chi connectivity index (χ0v) is 20.7. The van der Waals surface area contributed by atoms with Crippen LogP contribution in [0.25, 0.3) is 11.1 Å². The molecule has 0 saturated heterocycles. The molecule has 7 heteroatoms. The third-order valence-corrected chi connectivity index (χ3v) is 6.32. The summed E-state index contributed by atoms with van der Waals surface area (Å²) >= 11 is 1.53. The summed E-state index contributed by atoms with van der Waals surface area (Å²) in [6, 6.07) is 21.6. The summed E-state index contributed by atoms with van der Waals surface area (Å²) in [5.41, 5.74) is 4.47. The number of carbonyl (C=O) groups excluding carboxylic acids is 2. The molecule has 1 unspecified atom stereocenters. The van der Waals surface area contributed by atoms with Crippen LogP contribution in [0.15, 0.2) is 72.8 Å². The van der Waals surface area contributed by atoms with Crippen LogP contribution in [0.4, 0.5) is 5.69 Å². The van der Waals surface area contributed by atoms with E-state index in [9.17, 15) is 19.5 Å². The standard InChI is InChI=1S/C28H30N2O4S/c1-19-8-6-7-11-22(19)24-18-21(29-26(31)15-12-20-9-4-3-5-10-20)13-14-23(24)27(32)30-25(28(33)34)16-17-35-2/h3-11,13-14,18,25H,12,15-17H2,1-2H3,(H,29,31)(H,30,32)(H,33,34). The molecule has 0 fully saturated rings. The fourth-order valence-corrected chi connectivity index (χ4v) is 4.24.